The lowest BCUT2D eigenvalue weighted by atomic mass is 9.64. The minimum Gasteiger partial charge on any atom is -0.508 e. The number of hydrogen-bond acceptors (Lipinski definition) is 2. The molecular formula is C21H32O2. The third-order valence-corrected chi connectivity index (χ3v) is 5.37. The Labute approximate surface area is 153 Å². The molecule has 0 bridgehead atoms. The molecule has 1 heterocycles. The van der Waals surface area contributed by atoms with Crippen LogP contribution in [0.15, 0.2) is 12.1 Å². The molecule has 3 atom stereocenters. The maximum absolute atomic E-state index is 10.9. The summed E-state index contributed by atoms with van der Waals surface area (Å²) in [6, 6.07) is 2.95. The molecule has 0 aromatic heterocycles. The lowest BCUT2D eigenvalue weighted by Crippen LogP contribution is -2.46. The maximum Gasteiger partial charge on any atom is 0.127 e. The van der Waals surface area contributed by atoms with Gasteiger partial charge in [0.2, 0.25) is 0 Å². The second-order valence-corrected chi connectivity index (χ2v) is 7.47. The average Bonchev–Trinajstić information content (AvgIpc) is 2.58. The van der Waals surface area contributed by atoms with Crippen molar-refractivity contribution in [3.63, 3.8) is 0 Å². The van der Waals surface area contributed by atoms with E-state index in [9.17, 15) is 5.11 Å². The zero-order valence-corrected chi connectivity index (χ0v) is 14.1. The van der Waals surface area contributed by atoms with Crippen molar-refractivity contribution in [3.8, 4) is 11.5 Å². The molecule has 1 aliphatic heterocycles. The summed E-state index contributed by atoms with van der Waals surface area (Å²) in [5.74, 6) is 1.21. The third kappa shape index (κ3) is 3.22. The molecule has 23 heavy (non-hydrogen) atoms. The second-order valence-electron chi connectivity index (χ2n) is 7.47. The molecule has 0 spiro atoms. The Morgan fingerprint density at radius 1 is 1.35 bits per heavy atom. The van der Waals surface area contributed by atoms with Crippen LogP contribution in [0.3, 0.4) is 0 Å². The van der Waals surface area contributed by atoms with Crippen LogP contribution in [-0.4, -0.2) is 10.7 Å². The molecular weight excluding hydrogens is 284 g/mol. The Kier molecular flexibility index (Phi) is 2.43. The molecule has 1 aromatic rings. The summed E-state index contributed by atoms with van der Waals surface area (Å²) < 4.78 is 76.4. The van der Waals surface area contributed by atoms with Crippen molar-refractivity contribution in [2.75, 3.05) is 0 Å². The van der Waals surface area contributed by atoms with Gasteiger partial charge in [-0.25, -0.2) is 0 Å². The van der Waals surface area contributed by atoms with Crippen molar-refractivity contribution in [2.24, 2.45) is 11.8 Å². The van der Waals surface area contributed by atoms with Gasteiger partial charge in [-0.15, -0.1) is 0 Å². The fourth-order valence-corrected chi connectivity index (χ4v) is 4.31. The Bertz CT molecular complexity index is 877. The predicted octanol–water partition coefficient (Wildman–Crippen LogP) is 5.82. The second kappa shape index (κ2) is 6.37. The van der Waals surface area contributed by atoms with Gasteiger partial charge in [-0.2, -0.15) is 0 Å². The van der Waals surface area contributed by atoms with E-state index in [2.05, 4.69) is 6.92 Å². The maximum atomic E-state index is 10.9. The van der Waals surface area contributed by atoms with Crippen molar-refractivity contribution in [1.29, 1.82) is 0 Å². The monoisotopic (exact) mass is 325 g/mol. The minimum absolute atomic E-state index is 0.0488. The van der Waals surface area contributed by atoms with E-state index in [1.54, 1.807) is 6.07 Å². The van der Waals surface area contributed by atoms with Gasteiger partial charge in [-0.05, 0) is 69.0 Å². The first-order valence-corrected chi connectivity index (χ1v) is 8.36. The summed E-state index contributed by atoms with van der Waals surface area (Å²) in [6.07, 6.45) is -7.25. The highest BCUT2D eigenvalue weighted by molar-refractivity contribution is 5.52. The van der Waals surface area contributed by atoms with E-state index in [0.717, 1.165) is 19.3 Å². The molecule has 0 amide bonds. The van der Waals surface area contributed by atoms with Crippen LogP contribution in [0.2, 0.25) is 0 Å². The number of ether oxygens (including phenoxy) is 1. The van der Waals surface area contributed by atoms with E-state index in [-0.39, 0.29) is 23.1 Å². The molecule has 2 nitrogen and oxygen atoms in total. The van der Waals surface area contributed by atoms with Crippen LogP contribution in [-0.2, 0) is 6.42 Å². The van der Waals surface area contributed by atoms with Gasteiger partial charge in [0.1, 0.15) is 17.1 Å². The highest BCUT2D eigenvalue weighted by atomic mass is 16.5. The van der Waals surface area contributed by atoms with E-state index in [0.29, 0.717) is 17.2 Å². The average molecular weight is 326 g/mol. The fourth-order valence-electron chi connectivity index (χ4n) is 4.31. The lowest BCUT2D eigenvalue weighted by molar-refractivity contribution is -0.0145. The molecule has 2 aliphatic rings. The number of rotatable bonds is 4. The van der Waals surface area contributed by atoms with Crippen molar-refractivity contribution in [2.45, 2.75) is 83.9 Å². The van der Waals surface area contributed by atoms with Crippen molar-refractivity contribution in [1.82, 2.24) is 0 Å². The first-order valence-electron chi connectivity index (χ1n) is 12.9. The quantitative estimate of drug-likeness (QED) is 0.756. The minimum atomic E-state index is -3.41. The molecule has 1 fully saturated rings. The largest absolute Gasteiger partial charge is 0.508 e. The van der Waals surface area contributed by atoms with E-state index in [1.165, 1.54) is 6.07 Å². The van der Waals surface area contributed by atoms with E-state index in [4.69, 9.17) is 17.1 Å². The van der Waals surface area contributed by atoms with Gasteiger partial charge in [0.15, 0.2) is 0 Å². The SMILES string of the molecule is [2H]C([2H])([2H])C([2H])([2H])C([2H])([2H])C([2H])([2H])Cc1cc(O)c2c(c1)OC(C)(C)[C@@H]1CC[C@@H](C)C[C@@H]21. The Morgan fingerprint density at radius 3 is 2.96 bits per heavy atom. The van der Waals surface area contributed by atoms with Gasteiger partial charge in [-0.3, -0.25) is 0 Å². The fraction of sp³-hybridized carbons (Fsp3) is 0.714. The molecule has 1 aliphatic carbocycles. The zero-order chi connectivity index (χ0) is 24.5. The van der Waals surface area contributed by atoms with Gasteiger partial charge in [-0.1, -0.05) is 32.9 Å². The number of fused-ring (bicyclic) bond motifs is 3. The molecule has 128 valence electrons. The summed E-state index contributed by atoms with van der Waals surface area (Å²) in [6.45, 7) is 2.83. The van der Waals surface area contributed by atoms with Gasteiger partial charge >= 0.3 is 0 Å². The van der Waals surface area contributed by atoms with Gasteiger partial charge in [0, 0.05) is 23.8 Å². The first-order chi connectivity index (χ1) is 14.3. The van der Waals surface area contributed by atoms with E-state index in [1.807, 2.05) is 13.8 Å². The molecule has 3 rings (SSSR count). The van der Waals surface area contributed by atoms with Gasteiger partial charge in [0.05, 0.1) is 0 Å². The summed E-state index contributed by atoms with van der Waals surface area (Å²) in [5.41, 5.74) is 0.413. The van der Waals surface area contributed by atoms with Crippen LogP contribution < -0.4 is 4.74 Å². The van der Waals surface area contributed by atoms with E-state index >= 15 is 0 Å². The Morgan fingerprint density at radius 2 is 2.17 bits per heavy atom. The molecule has 1 N–H and O–H groups in total. The summed E-state index contributed by atoms with van der Waals surface area (Å²) >= 11 is 0. The molecule has 0 radical (unpaired) electrons. The van der Waals surface area contributed by atoms with Crippen molar-refractivity contribution in [3.05, 3.63) is 23.3 Å². The smallest absolute Gasteiger partial charge is 0.127 e. The number of hydrogen-bond donors (Lipinski definition) is 1. The third-order valence-electron chi connectivity index (χ3n) is 5.37. The number of aromatic hydroxyl groups is 1. The lowest BCUT2D eigenvalue weighted by Gasteiger charge is -2.48. The van der Waals surface area contributed by atoms with Crippen LogP contribution in [0.5, 0.6) is 11.5 Å². The summed E-state index contributed by atoms with van der Waals surface area (Å²) in [4.78, 5) is 0. The summed E-state index contributed by atoms with van der Waals surface area (Å²) in [5, 5.41) is 10.9. The Balaban J connectivity index is 1.99. The highest BCUT2D eigenvalue weighted by Gasteiger charge is 2.47. The number of aryl methyl sites for hydroxylation is 1. The normalized spacial score (nSPS) is 36.8. The standard InChI is InChI=1S/C21H32O2/c1-5-6-7-8-15-12-18(22)20-16-11-14(2)9-10-17(16)21(3,4)23-19(20)13-15/h12-14,16-17,22H,5-11H2,1-4H3/t14-,16-,17-/m1/s1/i1D3,5D2,6D2,7D2. The number of benzene rings is 1. The molecule has 1 saturated carbocycles. The molecule has 1 aromatic carbocycles. The topological polar surface area (TPSA) is 29.5 Å². The van der Waals surface area contributed by atoms with Crippen LogP contribution >= 0.6 is 0 Å². The van der Waals surface area contributed by atoms with Crippen LogP contribution in [0.25, 0.3) is 0 Å². The van der Waals surface area contributed by atoms with E-state index < -0.39 is 38.0 Å². The van der Waals surface area contributed by atoms with Gasteiger partial charge in [0.25, 0.3) is 0 Å². The predicted molar refractivity (Wildman–Crippen MR) is 95.3 cm³/mol. The summed E-state index contributed by atoms with van der Waals surface area (Å²) in [7, 11) is 0. The number of phenols is 1. The zero-order valence-electron chi connectivity index (χ0n) is 23.1. The van der Waals surface area contributed by atoms with Crippen molar-refractivity contribution < 1.29 is 22.2 Å². The molecule has 0 saturated heterocycles. The molecule has 2 heteroatoms. The molecule has 0 unspecified atom stereocenters. The highest BCUT2D eigenvalue weighted by Crippen LogP contribution is 2.55. The van der Waals surface area contributed by atoms with Gasteiger partial charge < -0.3 is 9.84 Å². The van der Waals surface area contributed by atoms with Crippen LogP contribution in [0, 0.1) is 11.8 Å². The number of phenolic OH excluding ortho intramolecular Hbond substituents is 1. The van der Waals surface area contributed by atoms with Crippen LogP contribution in [0.4, 0.5) is 0 Å². The van der Waals surface area contributed by atoms with Crippen LogP contribution in [0.1, 0.15) is 95.4 Å². The Hall–Kier alpha value is -1.18. The first kappa shape index (κ1) is 8.78. The van der Waals surface area contributed by atoms with Crippen molar-refractivity contribution >= 4 is 0 Å².